The Bertz CT molecular complexity index is 1660. The van der Waals surface area contributed by atoms with Crippen LogP contribution >= 0.6 is 11.6 Å². The summed E-state index contributed by atoms with van der Waals surface area (Å²) in [6.45, 7) is 11.8. The molecule has 5 rings (SSSR count). The summed E-state index contributed by atoms with van der Waals surface area (Å²) >= 11 is 7.20. The van der Waals surface area contributed by atoms with E-state index in [0.717, 1.165) is 65.7 Å². The highest BCUT2D eigenvalue weighted by molar-refractivity contribution is 6.32. The monoisotopic (exact) mass is 661 g/mol. The number of anilines is 1. The molecule has 2 aromatic carbocycles. The molecule has 3 aliphatic rings. The second kappa shape index (κ2) is 14.3. The van der Waals surface area contributed by atoms with Gasteiger partial charge in [-0.15, -0.1) is 0 Å². The Morgan fingerprint density at radius 3 is 2.21 bits per heavy atom. The lowest BCUT2D eigenvalue weighted by Crippen LogP contribution is -2.29. The lowest BCUT2D eigenvalue weighted by molar-refractivity contribution is -0.441. The van der Waals surface area contributed by atoms with Crippen molar-refractivity contribution in [3.8, 4) is 17.2 Å². The van der Waals surface area contributed by atoms with Gasteiger partial charge in [-0.05, 0) is 74.1 Å². The van der Waals surface area contributed by atoms with E-state index in [0.29, 0.717) is 19.0 Å². The summed E-state index contributed by atoms with van der Waals surface area (Å²) < 4.78 is 30.3. The van der Waals surface area contributed by atoms with E-state index in [2.05, 4.69) is 85.7 Å². The van der Waals surface area contributed by atoms with Crippen LogP contribution in [0.5, 0.6) is 17.2 Å². The molecule has 0 bridgehead atoms. The van der Waals surface area contributed by atoms with Crippen molar-refractivity contribution in [1.82, 2.24) is 0 Å². The Balaban J connectivity index is 1.51. The molecule has 1 aliphatic carbocycles. The van der Waals surface area contributed by atoms with Crippen molar-refractivity contribution in [1.29, 1.82) is 0 Å². The largest absolute Gasteiger partial charge is 0.497 e. The molecule has 0 amide bonds. The molecule has 0 radical (unpaired) electrons. The number of hydrogen-bond acceptors (Lipinski definition) is 6. The summed E-state index contributed by atoms with van der Waals surface area (Å²) in [7, 11) is 8.55. The van der Waals surface area contributed by atoms with Gasteiger partial charge < -0.3 is 28.6 Å². The molecule has 2 aliphatic heterocycles. The average molecular weight is 662 g/mol. The van der Waals surface area contributed by atoms with Crippen LogP contribution in [0.1, 0.15) is 58.1 Å². The number of hydrogen-bond donors (Lipinski definition) is 0. The quantitative estimate of drug-likeness (QED) is 0.214. The highest BCUT2D eigenvalue weighted by Gasteiger charge is 2.45. The molecule has 0 aromatic heterocycles. The molecule has 0 unspecified atom stereocenters. The van der Waals surface area contributed by atoms with Gasteiger partial charge in [-0.2, -0.15) is 4.58 Å². The zero-order valence-electron chi connectivity index (χ0n) is 29.5. The number of rotatable bonds is 12. The Morgan fingerprint density at radius 1 is 0.809 bits per heavy atom. The second-order valence-electron chi connectivity index (χ2n) is 13.3. The van der Waals surface area contributed by atoms with Crippen molar-refractivity contribution in [2.45, 2.75) is 57.8 Å². The van der Waals surface area contributed by atoms with Gasteiger partial charge in [-0.1, -0.05) is 37.6 Å². The Morgan fingerprint density at radius 2 is 1.53 bits per heavy atom. The van der Waals surface area contributed by atoms with E-state index < -0.39 is 0 Å². The summed E-state index contributed by atoms with van der Waals surface area (Å²) in [5.74, 6) is 2.31. The predicted octanol–water partition coefficient (Wildman–Crippen LogP) is 8.22. The molecule has 0 saturated carbocycles. The Hall–Kier alpha value is -3.52. The molecule has 0 N–H and O–H groups in total. The van der Waals surface area contributed by atoms with Crippen molar-refractivity contribution in [2.24, 2.45) is 0 Å². The fourth-order valence-corrected chi connectivity index (χ4v) is 7.51. The van der Waals surface area contributed by atoms with E-state index in [4.69, 9.17) is 35.3 Å². The third-order valence-electron chi connectivity index (χ3n) is 9.88. The molecule has 0 fully saturated rings. The van der Waals surface area contributed by atoms with Gasteiger partial charge in [0.1, 0.15) is 12.4 Å². The van der Waals surface area contributed by atoms with Crippen molar-refractivity contribution in [2.75, 3.05) is 66.8 Å². The van der Waals surface area contributed by atoms with Gasteiger partial charge in [0.25, 0.3) is 0 Å². The van der Waals surface area contributed by atoms with Crippen LogP contribution in [-0.2, 0) is 20.3 Å². The van der Waals surface area contributed by atoms with Crippen molar-refractivity contribution < 1.29 is 28.3 Å². The first-order chi connectivity index (χ1) is 22.5. The lowest BCUT2D eigenvalue weighted by Gasteiger charge is -2.27. The first-order valence-corrected chi connectivity index (χ1v) is 16.7. The molecule has 0 spiro atoms. The summed E-state index contributed by atoms with van der Waals surface area (Å²) in [6, 6.07) is 10.5. The van der Waals surface area contributed by atoms with Gasteiger partial charge in [-0.25, -0.2) is 0 Å². The number of fused-ring (bicyclic) bond motifs is 2. The standard InChI is InChI=1S/C39H50ClN2O5/c1-38(2)29-23-28(45-7)15-16-31(29)41(19-21-43-5)35(38)17-13-26-11-10-12-27(37(26)40)14-18-36-39(3,4)30-24-33(46-8)34(47-9)25-32(30)42(36)20-22-44-6/h13-18,23-25H,10-12,19-22H2,1-9H3/q+1. The average Bonchev–Trinajstić information content (AvgIpc) is 3.41. The first kappa shape index (κ1) is 34.8. The van der Waals surface area contributed by atoms with Crippen LogP contribution in [0.3, 0.4) is 0 Å². The summed E-state index contributed by atoms with van der Waals surface area (Å²) in [5.41, 5.74) is 8.98. The smallest absolute Gasteiger partial charge is 0.210 e. The van der Waals surface area contributed by atoms with Crippen LogP contribution in [0.15, 0.2) is 76.5 Å². The maximum Gasteiger partial charge on any atom is 0.210 e. The van der Waals surface area contributed by atoms with Crippen LogP contribution in [0.4, 0.5) is 11.4 Å². The molecule has 0 atom stereocenters. The number of nitrogens with zero attached hydrogens (tertiary/aromatic N) is 2. The number of methoxy groups -OCH3 is 5. The van der Waals surface area contributed by atoms with E-state index >= 15 is 0 Å². The van der Waals surface area contributed by atoms with E-state index in [-0.39, 0.29) is 10.8 Å². The topological polar surface area (TPSA) is 52.4 Å². The minimum Gasteiger partial charge on any atom is -0.497 e. The SMILES string of the molecule is COCCN1/C(=C\C=C2/CCCC(/C=C/C3=[N+](CCOC)c4ccc(OC)cc4C3(C)C)=C2Cl)C(C)(C)c2cc(OC)c(OC)cc21. The molecule has 8 heteroatoms. The minimum absolute atomic E-state index is 0.209. The van der Waals surface area contributed by atoms with Crippen LogP contribution < -0.4 is 19.1 Å². The summed E-state index contributed by atoms with van der Waals surface area (Å²) in [5, 5.41) is 0.837. The molecule has 2 aromatic rings. The zero-order valence-corrected chi connectivity index (χ0v) is 30.2. The molecule has 252 valence electrons. The first-order valence-electron chi connectivity index (χ1n) is 16.4. The Kier molecular flexibility index (Phi) is 10.6. The lowest BCUT2D eigenvalue weighted by atomic mass is 9.81. The van der Waals surface area contributed by atoms with Crippen LogP contribution in [0.2, 0.25) is 0 Å². The highest BCUT2D eigenvalue weighted by Crippen LogP contribution is 2.51. The highest BCUT2D eigenvalue weighted by atomic mass is 35.5. The molecular formula is C39H50ClN2O5+. The van der Waals surface area contributed by atoms with Crippen LogP contribution in [0, 0.1) is 0 Å². The van der Waals surface area contributed by atoms with Gasteiger partial charge in [0, 0.05) is 66.4 Å². The van der Waals surface area contributed by atoms with Crippen molar-refractivity contribution in [3.63, 3.8) is 0 Å². The summed E-state index contributed by atoms with van der Waals surface area (Å²) in [6.07, 6.45) is 11.8. The third kappa shape index (κ3) is 6.50. The van der Waals surface area contributed by atoms with Gasteiger partial charge in [-0.3, -0.25) is 0 Å². The van der Waals surface area contributed by atoms with E-state index in [1.54, 1.807) is 35.5 Å². The maximum absolute atomic E-state index is 7.20. The van der Waals surface area contributed by atoms with Gasteiger partial charge in [0.2, 0.25) is 5.69 Å². The minimum atomic E-state index is -0.263. The van der Waals surface area contributed by atoms with Gasteiger partial charge >= 0.3 is 0 Å². The molecule has 0 saturated heterocycles. The molecule has 2 heterocycles. The van der Waals surface area contributed by atoms with E-state index in [1.807, 2.05) is 6.07 Å². The number of ether oxygens (including phenoxy) is 5. The third-order valence-corrected chi connectivity index (χ3v) is 10.4. The Labute approximate surface area is 285 Å². The molecule has 47 heavy (non-hydrogen) atoms. The maximum atomic E-state index is 7.20. The number of allylic oxidation sites excluding steroid dienone is 8. The van der Waals surface area contributed by atoms with Gasteiger partial charge in [0.05, 0.1) is 33.4 Å². The van der Waals surface area contributed by atoms with Crippen molar-refractivity contribution in [3.05, 3.63) is 87.6 Å². The van der Waals surface area contributed by atoms with Crippen LogP contribution in [0.25, 0.3) is 0 Å². The molecular weight excluding hydrogens is 612 g/mol. The molecule has 7 nitrogen and oxygen atoms in total. The van der Waals surface area contributed by atoms with Gasteiger partial charge in [0.15, 0.2) is 23.8 Å². The normalized spacial score (nSPS) is 20.1. The fraction of sp³-hybridized carbons (Fsp3) is 0.462. The number of halogens is 1. The van der Waals surface area contributed by atoms with E-state index in [9.17, 15) is 0 Å². The van der Waals surface area contributed by atoms with Crippen molar-refractivity contribution >= 4 is 28.7 Å². The van der Waals surface area contributed by atoms with Crippen LogP contribution in [-0.4, -0.2) is 72.1 Å². The fourth-order valence-electron chi connectivity index (χ4n) is 7.19. The zero-order chi connectivity index (χ0) is 33.9. The van der Waals surface area contributed by atoms with E-state index in [1.165, 1.54) is 28.2 Å². The predicted molar refractivity (Wildman–Crippen MR) is 192 cm³/mol. The summed E-state index contributed by atoms with van der Waals surface area (Å²) in [4.78, 5) is 2.33. The number of benzene rings is 2. The second-order valence-corrected chi connectivity index (χ2v) is 13.7.